The molecule has 2 atom stereocenters. The molecule has 0 nitrogen and oxygen atoms in total. The fraction of sp³-hybridized carbons (Fsp3) is 0.700. The van der Waals surface area contributed by atoms with Crippen molar-refractivity contribution in [1.82, 2.24) is 0 Å². The van der Waals surface area contributed by atoms with Gasteiger partial charge >= 0.3 is 0 Å². The Morgan fingerprint density at radius 1 is 0.682 bits per heavy atom. The van der Waals surface area contributed by atoms with Crippen LogP contribution in [0.4, 0.5) is 0 Å². The van der Waals surface area contributed by atoms with Crippen molar-refractivity contribution < 1.29 is 0 Å². The standard InChI is InChI=1S/C20H36P2/c1-15-11-16(2)18(14-22(10)20(6,7)8)12-17(15)13-21(9)19(3,4)5/h11-12H,13-14H2,1-10H3/t21-,22-/m0/s1. The van der Waals surface area contributed by atoms with Crippen LogP contribution in [0.25, 0.3) is 0 Å². The lowest BCUT2D eigenvalue weighted by Crippen LogP contribution is -2.13. The maximum Gasteiger partial charge on any atom is -0.00681 e. The Hall–Kier alpha value is 0.0800. The molecule has 0 aliphatic heterocycles. The fourth-order valence-electron chi connectivity index (χ4n) is 2.27. The van der Waals surface area contributed by atoms with Gasteiger partial charge in [-0.25, -0.2) is 0 Å². The summed E-state index contributed by atoms with van der Waals surface area (Å²) in [4.78, 5) is 0. The van der Waals surface area contributed by atoms with E-state index in [0.717, 1.165) is 0 Å². The van der Waals surface area contributed by atoms with Gasteiger partial charge < -0.3 is 0 Å². The lowest BCUT2D eigenvalue weighted by Gasteiger charge is -2.30. The van der Waals surface area contributed by atoms with E-state index in [1.165, 1.54) is 23.5 Å². The van der Waals surface area contributed by atoms with Crippen molar-refractivity contribution in [2.24, 2.45) is 0 Å². The van der Waals surface area contributed by atoms with Gasteiger partial charge in [0, 0.05) is 0 Å². The van der Waals surface area contributed by atoms with Crippen LogP contribution in [0.5, 0.6) is 0 Å². The molecule has 126 valence electrons. The lowest BCUT2D eigenvalue weighted by molar-refractivity contribution is 0.781. The zero-order valence-corrected chi connectivity index (χ0v) is 18.3. The highest BCUT2D eigenvalue weighted by atomic mass is 31.1. The number of aryl methyl sites for hydroxylation is 2. The molecule has 0 saturated carbocycles. The van der Waals surface area contributed by atoms with E-state index in [4.69, 9.17) is 0 Å². The molecular weight excluding hydrogens is 302 g/mol. The first-order valence-corrected chi connectivity index (χ1v) is 12.3. The number of rotatable bonds is 4. The van der Waals surface area contributed by atoms with E-state index in [-0.39, 0.29) is 15.8 Å². The number of hydrogen-bond donors (Lipinski definition) is 0. The largest absolute Gasteiger partial charge is 0.0999 e. The minimum atomic E-state index is 0.0263. The SMILES string of the molecule is Cc1cc(C)c(C[P@](C)C(C)(C)C)cc1C[P@](C)C(C)(C)C. The topological polar surface area (TPSA) is 0 Å². The zero-order chi connectivity index (χ0) is 17.3. The van der Waals surface area contributed by atoms with Crippen LogP contribution in [0.15, 0.2) is 12.1 Å². The van der Waals surface area contributed by atoms with E-state index in [9.17, 15) is 0 Å². The third-order valence-electron chi connectivity index (χ3n) is 4.90. The molecule has 1 rings (SSSR count). The number of hydrogen-bond acceptors (Lipinski definition) is 0. The highest BCUT2D eigenvalue weighted by molar-refractivity contribution is 7.58. The molecule has 0 aliphatic rings. The van der Waals surface area contributed by atoms with E-state index in [0.29, 0.717) is 10.3 Å². The predicted molar refractivity (Wildman–Crippen MR) is 109 cm³/mol. The third kappa shape index (κ3) is 5.62. The Labute approximate surface area is 142 Å². The fourth-order valence-corrected chi connectivity index (χ4v) is 4.93. The molecule has 0 N–H and O–H groups in total. The monoisotopic (exact) mass is 338 g/mol. The van der Waals surface area contributed by atoms with Gasteiger partial charge in [0.2, 0.25) is 0 Å². The Balaban J connectivity index is 3.05. The molecular formula is C20H36P2. The van der Waals surface area contributed by atoms with Gasteiger partial charge in [0.15, 0.2) is 0 Å². The van der Waals surface area contributed by atoms with Gasteiger partial charge in [-0.2, -0.15) is 0 Å². The minimum absolute atomic E-state index is 0.0263. The van der Waals surface area contributed by atoms with Crippen LogP contribution in [0.1, 0.15) is 63.8 Å². The molecule has 0 unspecified atom stereocenters. The van der Waals surface area contributed by atoms with Gasteiger partial charge in [0.25, 0.3) is 0 Å². The summed E-state index contributed by atoms with van der Waals surface area (Å²) in [5.41, 5.74) is 6.13. The summed E-state index contributed by atoms with van der Waals surface area (Å²) in [6, 6.07) is 4.95. The molecule has 0 fully saturated rings. The average molecular weight is 338 g/mol. The van der Waals surface area contributed by atoms with E-state index in [2.05, 4.69) is 80.9 Å². The Morgan fingerprint density at radius 2 is 1.00 bits per heavy atom. The smallest absolute Gasteiger partial charge is 0.00681 e. The van der Waals surface area contributed by atoms with E-state index >= 15 is 0 Å². The Bertz CT molecular complexity index is 460. The first-order valence-electron chi connectivity index (χ1n) is 8.34. The van der Waals surface area contributed by atoms with E-state index in [1.807, 2.05) is 0 Å². The third-order valence-corrected chi connectivity index (χ3v) is 11.1. The molecule has 2 heteroatoms. The van der Waals surface area contributed by atoms with Gasteiger partial charge in [-0.05, 0) is 72.1 Å². The van der Waals surface area contributed by atoms with Crippen LogP contribution in [-0.2, 0) is 12.3 Å². The highest BCUT2D eigenvalue weighted by Crippen LogP contribution is 2.51. The van der Waals surface area contributed by atoms with Crippen molar-refractivity contribution in [3.8, 4) is 0 Å². The Morgan fingerprint density at radius 3 is 1.27 bits per heavy atom. The zero-order valence-electron chi connectivity index (χ0n) is 16.5. The van der Waals surface area contributed by atoms with Gasteiger partial charge in [-0.15, -0.1) is 0 Å². The predicted octanol–water partition coefficient (Wildman–Crippen LogP) is 7.12. The molecule has 1 aromatic carbocycles. The second-order valence-electron chi connectivity index (χ2n) is 8.76. The molecule has 0 aromatic heterocycles. The molecule has 1 aromatic rings. The van der Waals surface area contributed by atoms with Crippen molar-refractivity contribution >= 4 is 15.8 Å². The lowest BCUT2D eigenvalue weighted by atomic mass is 10.0. The van der Waals surface area contributed by atoms with Gasteiger partial charge in [-0.1, -0.05) is 69.5 Å². The maximum atomic E-state index is 2.53. The normalized spacial score (nSPS) is 15.7. The van der Waals surface area contributed by atoms with Crippen LogP contribution < -0.4 is 0 Å². The van der Waals surface area contributed by atoms with Crippen molar-refractivity contribution in [3.63, 3.8) is 0 Å². The van der Waals surface area contributed by atoms with Crippen molar-refractivity contribution in [3.05, 3.63) is 34.4 Å². The van der Waals surface area contributed by atoms with Gasteiger partial charge in [-0.3, -0.25) is 0 Å². The van der Waals surface area contributed by atoms with Crippen LogP contribution in [0.3, 0.4) is 0 Å². The van der Waals surface area contributed by atoms with E-state index in [1.54, 1.807) is 11.1 Å². The van der Waals surface area contributed by atoms with Gasteiger partial charge in [0.05, 0.1) is 0 Å². The summed E-state index contributed by atoms with van der Waals surface area (Å²) in [5, 5.41) is 0.880. The summed E-state index contributed by atoms with van der Waals surface area (Å²) in [6.45, 7) is 23.8. The molecule has 0 radical (unpaired) electrons. The first-order chi connectivity index (χ1) is 9.82. The van der Waals surface area contributed by atoms with Crippen LogP contribution in [-0.4, -0.2) is 23.6 Å². The van der Waals surface area contributed by atoms with Crippen LogP contribution in [0, 0.1) is 13.8 Å². The average Bonchev–Trinajstić information content (AvgIpc) is 2.32. The summed E-state index contributed by atoms with van der Waals surface area (Å²) in [7, 11) is 0.0525. The summed E-state index contributed by atoms with van der Waals surface area (Å²) < 4.78 is 0. The molecule has 0 bridgehead atoms. The van der Waals surface area contributed by atoms with Crippen LogP contribution in [0.2, 0.25) is 0 Å². The maximum absolute atomic E-state index is 2.53. The molecule has 0 amide bonds. The number of benzene rings is 1. The Kier molecular flexibility index (Phi) is 6.69. The van der Waals surface area contributed by atoms with Gasteiger partial charge in [0.1, 0.15) is 0 Å². The first kappa shape index (κ1) is 20.1. The van der Waals surface area contributed by atoms with Crippen LogP contribution >= 0.6 is 15.8 Å². The second-order valence-corrected chi connectivity index (χ2v) is 14.9. The molecule has 0 aliphatic carbocycles. The molecule has 22 heavy (non-hydrogen) atoms. The summed E-state index contributed by atoms with van der Waals surface area (Å²) >= 11 is 0. The summed E-state index contributed by atoms with van der Waals surface area (Å²) in [6.07, 6.45) is 2.52. The highest BCUT2D eigenvalue weighted by Gasteiger charge is 2.22. The quantitative estimate of drug-likeness (QED) is 0.512. The second kappa shape index (κ2) is 7.32. The van der Waals surface area contributed by atoms with Crippen molar-refractivity contribution in [1.29, 1.82) is 0 Å². The minimum Gasteiger partial charge on any atom is -0.0999 e. The molecule has 0 saturated heterocycles. The van der Waals surface area contributed by atoms with E-state index < -0.39 is 0 Å². The van der Waals surface area contributed by atoms with Crippen molar-refractivity contribution in [2.75, 3.05) is 13.3 Å². The summed E-state index contributed by atoms with van der Waals surface area (Å²) in [5.74, 6) is 0. The molecule has 0 heterocycles. The molecule has 0 spiro atoms. The van der Waals surface area contributed by atoms with Crippen molar-refractivity contribution in [2.45, 2.75) is 78.0 Å².